The van der Waals surface area contributed by atoms with Crippen LogP contribution in [0.25, 0.3) is 0 Å². The van der Waals surface area contributed by atoms with Gasteiger partial charge in [-0.15, -0.1) is 0 Å². The molecule has 0 radical (unpaired) electrons. The Kier molecular flexibility index (Phi) is 4.11. The third-order valence-corrected chi connectivity index (χ3v) is 1.07. The third-order valence-electron chi connectivity index (χ3n) is 1.07. The second-order valence-corrected chi connectivity index (χ2v) is 2.99. The standard InChI is InChI=1S/C8H16O3/c1-5-10-6-8(3,4)11-7(2)9/h5-6H2,1-4H3. The molecule has 0 saturated carbocycles. The molecule has 3 heteroatoms. The average molecular weight is 160 g/mol. The molecule has 0 N–H and O–H groups in total. The maximum atomic E-state index is 10.5. The van der Waals surface area contributed by atoms with Crippen molar-refractivity contribution in [2.45, 2.75) is 33.3 Å². The maximum Gasteiger partial charge on any atom is 0.303 e. The molecule has 0 rings (SSSR count). The van der Waals surface area contributed by atoms with Crippen molar-refractivity contribution in [3.63, 3.8) is 0 Å². The van der Waals surface area contributed by atoms with E-state index in [1.54, 1.807) is 0 Å². The summed E-state index contributed by atoms with van der Waals surface area (Å²) in [7, 11) is 0. The largest absolute Gasteiger partial charge is 0.457 e. The minimum atomic E-state index is -0.498. The molecule has 0 amide bonds. The summed E-state index contributed by atoms with van der Waals surface area (Å²) in [4.78, 5) is 10.5. The van der Waals surface area contributed by atoms with Gasteiger partial charge in [0.15, 0.2) is 0 Å². The van der Waals surface area contributed by atoms with Gasteiger partial charge in [-0.25, -0.2) is 0 Å². The number of hydrogen-bond acceptors (Lipinski definition) is 3. The van der Waals surface area contributed by atoms with E-state index in [1.165, 1.54) is 6.92 Å². The van der Waals surface area contributed by atoms with E-state index in [9.17, 15) is 4.79 Å². The molecule has 66 valence electrons. The summed E-state index contributed by atoms with van der Waals surface area (Å²) in [5.41, 5.74) is -0.498. The first-order valence-electron chi connectivity index (χ1n) is 3.75. The van der Waals surface area contributed by atoms with Crippen molar-refractivity contribution >= 4 is 5.97 Å². The van der Waals surface area contributed by atoms with E-state index in [0.29, 0.717) is 13.2 Å². The highest BCUT2D eigenvalue weighted by Gasteiger charge is 2.20. The zero-order valence-electron chi connectivity index (χ0n) is 7.64. The second kappa shape index (κ2) is 4.34. The molecule has 0 aliphatic rings. The lowest BCUT2D eigenvalue weighted by Crippen LogP contribution is -2.32. The van der Waals surface area contributed by atoms with Gasteiger partial charge in [0.25, 0.3) is 0 Å². The predicted molar refractivity (Wildman–Crippen MR) is 42.3 cm³/mol. The summed E-state index contributed by atoms with van der Waals surface area (Å²) in [6.07, 6.45) is 0. The number of esters is 1. The van der Waals surface area contributed by atoms with Crippen LogP contribution >= 0.6 is 0 Å². The van der Waals surface area contributed by atoms with Crippen LogP contribution < -0.4 is 0 Å². The fraction of sp³-hybridized carbons (Fsp3) is 0.875. The first-order chi connectivity index (χ1) is 4.98. The van der Waals surface area contributed by atoms with Crippen LogP contribution in [0.4, 0.5) is 0 Å². The number of carbonyl (C=O) groups is 1. The Labute approximate surface area is 67.7 Å². The average Bonchev–Trinajstić information content (AvgIpc) is 1.81. The Morgan fingerprint density at radius 2 is 2.00 bits per heavy atom. The van der Waals surface area contributed by atoms with Gasteiger partial charge in [-0.2, -0.15) is 0 Å². The minimum Gasteiger partial charge on any atom is -0.457 e. The van der Waals surface area contributed by atoms with E-state index in [-0.39, 0.29) is 5.97 Å². The van der Waals surface area contributed by atoms with Crippen LogP contribution in [-0.2, 0) is 14.3 Å². The SMILES string of the molecule is CCOCC(C)(C)OC(C)=O. The van der Waals surface area contributed by atoms with Crippen molar-refractivity contribution in [1.29, 1.82) is 0 Å². The van der Waals surface area contributed by atoms with Gasteiger partial charge in [0.1, 0.15) is 5.60 Å². The van der Waals surface area contributed by atoms with E-state index >= 15 is 0 Å². The molecular weight excluding hydrogens is 144 g/mol. The Bertz CT molecular complexity index is 129. The number of hydrogen-bond donors (Lipinski definition) is 0. The van der Waals surface area contributed by atoms with Crippen LogP contribution in [0, 0.1) is 0 Å². The minimum absolute atomic E-state index is 0.269. The van der Waals surface area contributed by atoms with Gasteiger partial charge in [0.2, 0.25) is 0 Å². The Balaban J connectivity index is 3.70. The van der Waals surface area contributed by atoms with Crippen molar-refractivity contribution in [2.24, 2.45) is 0 Å². The lowest BCUT2D eigenvalue weighted by Gasteiger charge is -2.23. The number of rotatable bonds is 4. The van der Waals surface area contributed by atoms with Crippen molar-refractivity contribution in [3.05, 3.63) is 0 Å². The smallest absolute Gasteiger partial charge is 0.303 e. The summed E-state index contributed by atoms with van der Waals surface area (Å²) >= 11 is 0. The van der Waals surface area contributed by atoms with Crippen LogP contribution in [0.3, 0.4) is 0 Å². The van der Waals surface area contributed by atoms with Gasteiger partial charge < -0.3 is 9.47 Å². The quantitative estimate of drug-likeness (QED) is 0.582. The van der Waals surface area contributed by atoms with Crippen LogP contribution in [0.5, 0.6) is 0 Å². The second-order valence-electron chi connectivity index (χ2n) is 2.99. The van der Waals surface area contributed by atoms with Crippen molar-refractivity contribution in [3.8, 4) is 0 Å². The Morgan fingerprint density at radius 3 is 2.36 bits per heavy atom. The highest BCUT2D eigenvalue weighted by Crippen LogP contribution is 2.09. The first kappa shape index (κ1) is 10.4. The molecule has 0 aromatic heterocycles. The molecule has 0 aliphatic heterocycles. The molecular formula is C8H16O3. The molecule has 0 spiro atoms. The summed E-state index contributed by atoms with van der Waals surface area (Å²) in [6.45, 7) is 8.04. The Morgan fingerprint density at radius 1 is 1.45 bits per heavy atom. The molecule has 0 atom stereocenters. The third kappa shape index (κ3) is 5.85. The fourth-order valence-electron chi connectivity index (χ4n) is 0.766. The zero-order valence-corrected chi connectivity index (χ0v) is 7.64. The molecule has 0 unspecified atom stereocenters. The molecule has 0 aromatic rings. The molecule has 0 fully saturated rings. The fourth-order valence-corrected chi connectivity index (χ4v) is 0.766. The van der Waals surface area contributed by atoms with Crippen LogP contribution in [-0.4, -0.2) is 24.8 Å². The van der Waals surface area contributed by atoms with E-state index in [4.69, 9.17) is 9.47 Å². The van der Waals surface area contributed by atoms with Gasteiger partial charge in [-0.05, 0) is 20.8 Å². The maximum absolute atomic E-state index is 10.5. The number of ether oxygens (including phenoxy) is 2. The van der Waals surface area contributed by atoms with Crippen molar-refractivity contribution in [1.82, 2.24) is 0 Å². The highest BCUT2D eigenvalue weighted by molar-refractivity contribution is 5.66. The molecule has 0 saturated heterocycles. The summed E-state index contributed by atoms with van der Waals surface area (Å²) in [5, 5.41) is 0. The van der Waals surface area contributed by atoms with Gasteiger partial charge in [-0.1, -0.05) is 0 Å². The zero-order chi connectivity index (χ0) is 8.91. The van der Waals surface area contributed by atoms with Gasteiger partial charge >= 0.3 is 5.97 Å². The predicted octanol–water partition coefficient (Wildman–Crippen LogP) is 1.36. The van der Waals surface area contributed by atoms with E-state index in [1.807, 2.05) is 20.8 Å². The Hall–Kier alpha value is -0.570. The summed E-state index contributed by atoms with van der Waals surface area (Å²) < 4.78 is 10.1. The summed E-state index contributed by atoms with van der Waals surface area (Å²) in [5.74, 6) is -0.269. The molecule has 0 aliphatic carbocycles. The van der Waals surface area contributed by atoms with E-state index < -0.39 is 5.60 Å². The van der Waals surface area contributed by atoms with Crippen molar-refractivity contribution < 1.29 is 14.3 Å². The van der Waals surface area contributed by atoms with Gasteiger partial charge in [0, 0.05) is 13.5 Å². The van der Waals surface area contributed by atoms with Crippen LogP contribution in [0.15, 0.2) is 0 Å². The monoisotopic (exact) mass is 160 g/mol. The van der Waals surface area contributed by atoms with Crippen LogP contribution in [0.2, 0.25) is 0 Å². The molecule has 0 bridgehead atoms. The summed E-state index contributed by atoms with van der Waals surface area (Å²) in [6, 6.07) is 0. The number of carbonyl (C=O) groups excluding carboxylic acids is 1. The van der Waals surface area contributed by atoms with Crippen LogP contribution in [0.1, 0.15) is 27.7 Å². The molecule has 3 nitrogen and oxygen atoms in total. The molecule has 0 heterocycles. The normalized spacial score (nSPS) is 11.3. The topological polar surface area (TPSA) is 35.5 Å². The molecule has 11 heavy (non-hydrogen) atoms. The van der Waals surface area contributed by atoms with E-state index in [0.717, 1.165) is 0 Å². The van der Waals surface area contributed by atoms with Gasteiger partial charge in [0.05, 0.1) is 6.61 Å². The lowest BCUT2D eigenvalue weighted by molar-refractivity contribution is -0.159. The highest BCUT2D eigenvalue weighted by atomic mass is 16.6. The van der Waals surface area contributed by atoms with E-state index in [2.05, 4.69) is 0 Å². The molecule has 0 aromatic carbocycles. The lowest BCUT2D eigenvalue weighted by atomic mass is 10.1. The van der Waals surface area contributed by atoms with Crippen molar-refractivity contribution in [2.75, 3.05) is 13.2 Å². The first-order valence-corrected chi connectivity index (χ1v) is 3.75. The van der Waals surface area contributed by atoms with Gasteiger partial charge in [-0.3, -0.25) is 4.79 Å².